The van der Waals surface area contributed by atoms with Gasteiger partial charge in [-0.3, -0.25) is 0 Å². The van der Waals surface area contributed by atoms with Gasteiger partial charge in [-0.15, -0.1) is 0 Å². The van der Waals surface area contributed by atoms with Crippen LogP contribution in [0.2, 0.25) is 0 Å². The van der Waals surface area contributed by atoms with Gasteiger partial charge in [0, 0.05) is 11.1 Å². The zero-order chi connectivity index (χ0) is 17.2. The first kappa shape index (κ1) is 15.6. The maximum Gasteiger partial charge on any atom is 0.258 e. The number of hydrogen-bond acceptors (Lipinski definition) is 5. The van der Waals surface area contributed by atoms with Crippen molar-refractivity contribution in [2.45, 2.75) is 12.8 Å². The van der Waals surface area contributed by atoms with E-state index in [1.807, 2.05) is 18.2 Å². The summed E-state index contributed by atoms with van der Waals surface area (Å²) in [6.07, 6.45) is 2.46. The fourth-order valence-corrected chi connectivity index (χ4v) is 2.50. The van der Waals surface area contributed by atoms with Crippen LogP contribution in [-0.4, -0.2) is 23.9 Å². The van der Waals surface area contributed by atoms with Crippen LogP contribution in [0.25, 0.3) is 22.8 Å². The van der Waals surface area contributed by atoms with Crippen molar-refractivity contribution in [2.75, 3.05) is 13.7 Å². The van der Waals surface area contributed by atoms with Gasteiger partial charge in [0.25, 0.3) is 5.89 Å². The summed E-state index contributed by atoms with van der Waals surface area (Å²) in [6, 6.07) is 11.5. The van der Waals surface area contributed by atoms with E-state index in [1.165, 1.54) is 25.0 Å². The lowest BCUT2D eigenvalue weighted by Gasteiger charge is -2.10. The lowest BCUT2D eigenvalue weighted by molar-refractivity contribution is 0.280. The number of rotatable bonds is 6. The van der Waals surface area contributed by atoms with Gasteiger partial charge in [0.2, 0.25) is 5.82 Å². The molecule has 0 unspecified atom stereocenters. The van der Waals surface area contributed by atoms with Gasteiger partial charge in [-0.25, -0.2) is 4.39 Å². The van der Waals surface area contributed by atoms with Gasteiger partial charge in [-0.1, -0.05) is 11.2 Å². The number of nitrogens with zero attached hydrogens (tertiary/aromatic N) is 2. The first-order chi connectivity index (χ1) is 12.2. The first-order valence-electron chi connectivity index (χ1n) is 8.14. The van der Waals surface area contributed by atoms with Crippen molar-refractivity contribution >= 4 is 0 Å². The zero-order valence-electron chi connectivity index (χ0n) is 13.7. The van der Waals surface area contributed by atoms with Crippen LogP contribution in [0.4, 0.5) is 4.39 Å². The molecule has 0 aliphatic heterocycles. The molecule has 0 amide bonds. The van der Waals surface area contributed by atoms with Crippen LogP contribution in [0.1, 0.15) is 12.8 Å². The molecule has 0 saturated heterocycles. The highest BCUT2D eigenvalue weighted by atomic mass is 19.1. The summed E-state index contributed by atoms with van der Waals surface area (Å²) in [5, 5.41) is 3.98. The summed E-state index contributed by atoms with van der Waals surface area (Å²) in [7, 11) is 1.59. The van der Waals surface area contributed by atoms with E-state index in [1.54, 1.807) is 19.2 Å². The average Bonchev–Trinajstić information content (AvgIpc) is 3.33. The van der Waals surface area contributed by atoms with Crippen LogP contribution in [0.5, 0.6) is 11.5 Å². The minimum Gasteiger partial charge on any atom is -0.493 e. The van der Waals surface area contributed by atoms with Crippen molar-refractivity contribution in [1.29, 1.82) is 0 Å². The van der Waals surface area contributed by atoms with Gasteiger partial charge in [0.15, 0.2) is 11.5 Å². The second-order valence-electron chi connectivity index (χ2n) is 6.05. The predicted octanol–water partition coefficient (Wildman–Crippen LogP) is 4.34. The quantitative estimate of drug-likeness (QED) is 0.668. The van der Waals surface area contributed by atoms with Gasteiger partial charge >= 0.3 is 0 Å². The van der Waals surface area contributed by atoms with E-state index >= 15 is 0 Å². The zero-order valence-corrected chi connectivity index (χ0v) is 13.7. The SMILES string of the molecule is COc1cc(-c2noc(-c3cccc(F)c3)n2)ccc1OCC1CC1. The molecule has 6 heteroatoms. The molecule has 1 aliphatic carbocycles. The van der Waals surface area contributed by atoms with Gasteiger partial charge in [-0.05, 0) is 55.2 Å². The third-order valence-electron chi connectivity index (χ3n) is 4.09. The summed E-state index contributed by atoms with van der Waals surface area (Å²) in [5.74, 6) is 2.31. The van der Waals surface area contributed by atoms with Crippen molar-refractivity contribution in [1.82, 2.24) is 10.1 Å². The van der Waals surface area contributed by atoms with E-state index in [4.69, 9.17) is 14.0 Å². The smallest absolute Gasteiger partial charge is 0.258 e. The molecular formula is C19H17FN2O3. The second-order valence-corrected chi connectivity index (χ2v) is 6.05. The Morgan fingerprint density at radius 3 is 2.76 bits per heavy atom. The molecule has 0 radical (unpaired) electrons. The van der Waals surface area contributed by atoms with Crippen molar-refractivity contribution in [3.63, 3.8) is 0 Å². The average molecular weight is 340 g/mol. The van der Waals surface area contributed by atoms with Crippen molar-refractivity contribution in [2.24, 2.45) is 5.92 Å². The largest absolute Gasteiger partial charge is 0.493 e. The van der Waals surface area contributed by atoms with Gasteiger partial charge in [0.05, 0.1) is 13.7 Å². The molecule has 2 aromatic carbocycles. The third kappa shape index (κ3) is 3.47. The molecule has 128 valence electrons. The Morgan fingerprint density at radius 1 is 1.12 bits per heavy atom. The van der Waals surface area contributed by atoms with Gasteiger partial charge < -0.3 is 14.0 Å². The first-order valence-corrected chi connectivity index (χ1v) is 8.14. The van der Waals surface area contributed by atoms with E-state index in [9.17, 15) is 4.39 Å². The van der Waals surface area contributed by atoms with E-state index in [0.29, 0.717) is 35.4 Å². The predicted molar refractivity (Wildman–Crippen MR) is 89.9 cm³/mol. The van der Waals surface area contributed by atoms with Crippen molar-refractivity contribution < 1.29 is 18.4 Å². The maximum atomic E-state index is 13.3. The lowest BCUT2D eigenvalue weighted by atomic mass is 10.2. The molecule has 4 rings (SSSR count). The Kier molecular flexibility index (Phi) is 4.09. The number of hydrogen-bond donors (Lipinski definition) is 0. The van der Waals surface area contributed by atoms with Crippen LogP contribution >= 0.6 is 0 Å². The molecule has 5 nitrogen and oxygen atoms in total. The number of methoxy groups -OCH3 is 1. The molecule has 1 aliphatic rings. The number of ether oxygens (including phenoxy) is 2. The van der Waals surface area contributed by atoms with E-state index < -0.39 is 0 Å². The highest BCUT2D eigenvalue weighted by Gasteiger charge is 2.22. The van der Waals surface area contributed by atoms with Crippen LogP contribution in [0.15, 0.2) is 47.0 Å². The highest BCUT2D eigenvalue weighted by molar-refractivity contribution is 5.63. The second kappa shape index (κ2) is 6.55. The van der Waals surface area contributed by atoms with E-state index in [2.05, 4.69) is 10.1 Å². The molecule has 1 saturated carbocycles. The van der Waals surface area contributed by atoms with Crippen LogP contribution < -0.4 is 9.47 Å². The molecule has 3 aromatic rings. The minimum absolute atomic E-state index is 0.266. The molecule has 1 fully saturated rings. The standard InChI is InChI=1S/C19H17FN2O3/c1-23-17-10-13(7-8-16(17)24-11-12-5-6-12)18-21-19(25-22-18)14-3-2-4-15(20)9-14/h2-4,7-10,12H,5-6,11H2,1H3. The molecule has 1 aromatic heterocycles. The Morgan fingerprint density at radius 2 is 2.00 bits per heavy atom. The van der Waals surface area contributed by atoms with Crippen LogP contribution in [-0.2, 0) is 0 Å². The summed E-state index contributed by atoms with van der Waals surface area (Å²) in [4.78, 5) is 4.34. The normalized spacial score (nSPS) is 13.7. The molecule has 0 spiro atoms. The van der Waals surface area contributed by atoms with E-state index in [-0.39, 0.29) is 11.7 Å². The molecule has 1 heterocycles. The van der Waals surface area contributed by atoms with Gasteiger partial charge in [0.1, 0.15) is 5.82 Å². The number of halogens is 1. The molecular weight excluding hydrogens is 323 g/mol. The molecule has 0 N–H and O–H groups in total. The Labute approximate surface area is 144 Å². The fraction of sp³-hybridized carbons (Fsp3) is 0.263. The fourth-order valence-electron chi connectivity index (χ4n) is 2.50. The van der Waals surface area contributed by atoms with Gasteiger partial charge in [-0.2, -0.15) is 4.98 Å². The minimum atomic E-state index is -0.351. The van der Waals surface area contributed by atoms with Crippen molar-refractivity contribution in [3.8, 4) is 34.3 Å². The van der Waals surface area contributed by atoms with Crippen LogP contribution in [0, 0.1) is 11.7 Å². The molecule has 0 atom stereocenters. The summed E-state index contributed by atoms with van der Waals surface area (Å²) >= 11 is 0. The summed E-state index contributed by atoms with van der Waals surface area (Å²) < 4.78 is 29.8. The van der Waals surface area contributed by atoms with Crippen molar-refractivity contribution in [3.05, 3.63) is 48.3 Å². The summed E-state index contributed by atoms with van der Waals surface area (Å²) in [6.45, 7) is 0.710. The summed E-state index contributed by atoms with van der Waals surface area (Å²) in [5.41, 5.74) is 1.28. The molecule has 25 heavy (non-hydrogen) atoms. The number of aromatic nitrogens is 2. The monoisotopic (exact) mass is 340 g/mol. The van der Waals surface area contributed by atoms with Crippen LogP contribution in [0.3, 0.4) is 0 Å². The third-order valence-corrected chi connectivity index (χ3v) is 4.09. The Balaban J connectivity index is 1.59. The van der Waals surface area contributed by atoms with E-state index in [0.717, 1.165) is 5.56 Å². The Hall–Kier alpha value is -2.89. The molecule has 0 bridgehead atoms. The lowest BCUT2D eigenvalue weighted by Crippen LogP contribution is -2.01. The highest BCUT2D eigenvalue weighted by Crippen LogP contribution is 2.35. The topological polar surface area (TPSA) is 57.4 Å². The number of benzene rings is 2. The Bertz CT molecular complexity index is 890. The maximum absolute atomic E-state index is 13.3.